The summed E-state index contributed by atoms with van der Waals surface area (Å²) in [4.78, 5) is 7.83. The third-order valence-electron chi connectivity index (χ3n) is 6.71. The Hall–Kier alpha value is -1.71. The molecule has 1 nitrogen and oxygen atoms in total. The van der Waals surface area contributed by atoms with Gasteiger partial charge in [0.2, 0.25) is 0 Å². The minimum atomic E-state index is -3.05. The van der Waals surface area contributed by atoms with Gasteiger partial charge in [-0.25, -0.2) is 0 Å². The molecule has 0 radical (unpaired) electrons. The van der Waals surface area contributed by atoms with E-state index in [2.05, 4.69) is 65.8 Å². The molecule has 0 fully saturated rings. The molecule has 5 heteroatoms. The lowest BCUT2D eigenvalue weighted by Gasteiger charge is -2.21. The standard InChI is InChI=1S/C29H31OPS3/c1-7-12-25-22(8-2)28-29(34-25)26(23-15-17(3)32-19(23)5)27(24-16-18(4)33-20(24)6)31(28,30)21-13-10-9-11-14-21/h9-11,13-16H,7-8,12H2,1-6H3. The van der Waals surface area contributed by atoms with Crippen LogP contribution in [0.15, 0.2) is 42.5 Å². The van der Waals surface area contributed by atoms with Gasteiger partial charge in [-0.1, -0.05) is 50.6 Å². The molecule has 1 aromatic carbocycles. The third kappa shape index (κ3) is 3.57. The summed E-state index contributed by atoms with van der Waals surface area (Å²) in [6, 6.07) is 14.9. The van der Waals surface area contributed by atoms with Gasteiger partial charge in [-0.2, -0.15) is 0 Å². The lowest BCUT2D eigenvalue weighted by Crippen LogP contribution is -2.18. The third-order valence-corrected chi connectivity index (χ3v) is 13.3. The molecule has 1 aliphatic heterocycles. The molecule has 0 saturated heterocycles. The van der Waals surface area contributed by atoms with Crippen LogP contribution in [0.1, 0.15) is 66.2 Å². The van der Waals surface area contributed by atoms with Gasteiger partial charge in [0.15, 0.2) is 7.14 Å². The molecule has 1 unspecified atom stereocenters. The van der Waals surface area contributed by atoms with Gasteiger partial charge in [0.05, 0.1) is 0 Å². The van der Waals surface area contributed by atoms with Crippen molar-refractivity contribution in [2.45, 2.75) is 60.8 Å². The minimum Gasteiger partial charge on any atom is -0.309 e. The van der Waals surface area contributed by atoms with E-state index in [4.69, 9.17) is 0 Å². The highest BCUT2D eigenvalue weighted by atomic mass is 32.1. The molecule has 0 N–H and O–H groups in total. The van der Waals surface area contributed by atoms with Gasteiger partial charge < -0.3 is 4.57 Å². The highest BCUT2D eigenvalue weighted by Gasteiger charge is 2.47. The van der Waals surface area contributed by atoms with E-state index < -0.39 is 7.14 Å². The molecule has 0 aliphatic carbocycles. The number of rotatable bonds is 6. The first kappa shape index (κ1) is 24.0. The molecule has 1 atom stereocenters. The molecule has 34 heavy (non-hydrogen) atoms. The summed E-state index contributed by atoms with van der Waals surface area (Å²) >= 11 is 5.56. The lowest BCUT2D eigenvalue weighted by molar-refractivity contribution is 0.593. The Labute approximate surface area is 215 Å². The predicted octanol–water partition coefficient (Wildman–Crippen LogP) is 8.86. The van der Waals surface area contributed by atoms with Crippen LogP contribution < -0.4 is 10.6 Å². The molecule has 0 amide bonds. The second-order valence-electron chi connectivity index (χ2n) is 9.11. The fraction of sp³-hybridized carbons (Fsp3) is 0.310. The Kier molecular flexibility index (Phi) is 6.40. The monoisotopic (exact) mass is 522 g/mol. The molecule has 0 spiro atoms. The Morgan fingerprint density at radius 3 is 1.97 bits per heavy atom. The summed E-state index contributed by atoms with van der Waals surface area (Å²) in [6.45, 7) is 13.2. The molecule has 5 rings (SSSR count). The van der Waals surface area contributed by atoms with Gasteiger partial charge in [-0.15, -0.1) is 34.0 Å². The minimum absolute atomic E-state index is 0.918. The van der Waals surface area contributed by atoms with E-state index in [1.54, 1.807) is 0 Å². The first-order valence-corrected chi connectivity index (χ1v) is 16.2. The summed E-state index contributed by atoms with van der Waals surface area (Å²) in [7, 11) is -3.05. The quantitative estimate of drug-likeness (QED) is 0.231. The van der Waals surface area contributed by atoms with Crippen molar-refractivity contribution in [3.8, 4) is 0 Å². The number of hydrogen-bond donors (Lipinski definition) is 0. The zero-order valence-corrected chi connectivity index (χ0v) is 24.1. The van der Waals surface area contributed by atoms with Crippen LogP contribution in [0.5, 0.6) is 0 Å². The smallest absolute Gasteiger partial charge is 0.174 e. The lowest BCUT2D eigenvalue weighted by atomic mass is 10.0. The first-order valence-electron chi connectivity index (χ1n) is 12.0. The number of aryl methyl sites for hydroxylation is 5. The maximum Gasteiger partial charge on any atom is 0.174 e. The van der Waals surface area contributed by atoms with Gasteiger partial charge in [0, 0.05) is 56.3 Å². The van der Waals surface area contributed by atoms with Crippen LogP contribution in [0.25, 0.3) is 10.9 Å². The van der Waals surface area contributed by atoms with Gasteiger partial charge in [-0.05, 0) is 63.8 Å². The summed E-state index contributed by atoms with van der Waals surface area (Å²) in [6.07, 6.45) is 3.08. The van der Waals surface area contributed by atoms with E-state index in [1.165, 1.54) is 51.5 Å². The zero-order valence-electron chi connectivity index (χ0n) is 20.7. The van der Waals surface area contributed by atoms with E-state index in [1.807, 2.05) is 52.2 Å². The Morgan fingerprint density at radius 1 is 0.824 bits per heavy atom. The van der Waals surface area contributed by atoms with Crippen LogP contribution in [0, 0.1) is 27.7 Å². The maximum atomic E-state index is 15.8. The number of fused-ring (bicyclic) bond motifs is 1. The highest BCUT2D eigenvalue weighted by Crippen LogP contribution is 2.68. The van der Waals surface area contributed by atoms with Crippen LogP contribution >= 0.6 is 41.2 Å². The predicted molar refractivity (Wildman–Crippen MR) is 155 cm³/mol. The van der Waals surface area contributed by atoms with Crippen molar-refractivity contribution in [2.24, 2.45) is 0 Å². The maximum absolute atomic E-state index is 15.8. The van der Waals surface area contributed by atoms with Crippen LogP contribution in [0.2, 0.25) is 0 Å². The Bertz CT molecular complexity index is 1460. The molecular formula is C29H31OPS3. The van der Waals surface area contributed by atoms with E-state index in [0.29, 0.717) is 0 Å². The van der Waals surface area contributed by atoms with Crippen LogP contribution in [-0.4, -0.2) is 0 Å². The molecule has 176 valence electrons. The average Bonchev–Trinajstić information content (AvgIpc) is 3.50. The van der Waals surface area contributed by atoms with Gasteiger partial charge >= 0.3 is 0 Å². The molecular weight excluding hydrogens is 491 g/mol. The summed E-state index contributed by atoms with van der Waals surface area (Å²) in [5.74, 6) is 0. The molecule has 0 bridgehead atoms. The van der Waals surface area contributed by atoms with Gasteiger partial charge in [-0.3, -0.25) is 0 Å². The largest absolute Gasteiger partial charge is 0.309 e. The van der Waals surface area contributed by atoms with Crippen molar-refractivity contribution < 1.29 is 4.57 Å². The second kappa shape index (κ2) is 9.06. The summed E-state index contributed by atoms with van der Waals surface area (Å²) in [5, 5.41) is 3.16. The molecule has 0 saturated carbocycles. The van der Waals surface area contributed by atoms with E-state index in [0.717, 1.165) is 35.2 Å². The fourth-order valence-corrected chi connectivity index (χ4v) is 13.0. The van der Waals surface area contributed by atoms with Gasteiger partial charge in [0.1, 0.15) is 0 Å². The van der Waals surface area contributed by atoms with Crippen molar-refractivity contribution >= 4 is 62.6 Å². The van der Waals surface area contributed by atoms with E-state index >= 15 is 4.57 Å². The first-order chi connectivity index (χ1) is 16.3. The van der Waals surface area contributed by atoms with Crippen molar-refractivity contribution in [3.63, 3.8) is 0 Å². The van der Waals surface area contributed by atoms with E-state index in [-0.39, 0.29) is 0 Å². The van der Waals surface area contributed by atoms with Crippen molar-refractivity contribution in [3.05, 3.63) is 88.4 Å². The normalized spacial score (nSPS) is 17.6. The summed E-state index contributed by atoms with van der Waals surface area (Å²) < 4.78 is 15.8. The van der Waals surface area contributed by atoms with Gasteiger partial charge in [0.25, 0.3) is 0 Å². The zero-order chi connectivity index (χ0) is 24.2. The Morgan fingerprint density at radius 2 is 1.44 bits per heavy atom. The highest BCUT2D eigenvalue weighted by molar-refractivity contribution is 7.89. The molecule has 1 aliphatic rings. The van der Waals surface area contributed by atoms with Crippen molar-refractivity contribution in [1.29, 1.82) is 0 Å². The van der Waals surface area contributed by atoms with Crippen LogP contribution in [0.3, 0.4) is 0 Å². The molecule has 4 aromatic rings. The topological polar surface area (TPSA) is 17.1 Å². The van der Waals surface area contributed by atoms with Crippen LogP contribution in [-0.2, 0) is 17.4 Å². The van der Waals surface area contributed by atoms with Crippen LogP contribution in [0.4, 0.5) is 0 Å². The SMILES string of the molecule is CCCc1sc2c(c1CC)P(=O)(c1ccccc1)C(c1cc(C)sc1C)=C2c1cc(C)sc1C. The fourth-order valence-electron chi connectivity index (χ4n) is 5.37. The molecule has 3 aromatic heterocycles. The number of hydrogen-bond acceptors (Lipinski definition) is 4. The molecule has 4 heterocycles. The van der Waals surface area contributed by atoms with Crippen molar-refractivity contribution in [1.82, 2.24) is 0 Å². The Balaban J connectivity index is 1.98. The van der Waals surface area contributed by atoms with Crippen molar-refractivity contribution in [2.75, 3.05) is 0 Å². The number of benzene rings is 1. The number of thiophene rings is 3. The average molecular weight is 523 g/mol. The second-order valence-corrected chi connectivity index (χ2v) is 15.8. The van der Waals surface area contributed by atoms with E-state index in [9.17, 15) is 0 Å². The summed E-state index contributed by atoms with van der Waals surface area (Å²) in [5.41, 5.74) is 5.00.